The first-order valence-electron chi connectivity index (χ1n) is 4.86. The van der Waals surface area contributed by atoms with Gasteiger partial charge in [-0.3, -0.25) is 0 Å². The number of carbonyl (C=O) groups excluding carboxylic acids is 1. The molecule has 16 heavy (non-hydrogen) atoms. The van der Waals surface area contributed by atoms with Crippen LogP contribution in [-0.4, -0.2) is 18.7 Å². The fourth-order valence-corrected chi connectivity index (χ4v) is 1.08. The average molecular weight is 227 g/mol. The lowest BCUT2D eigenvalue weighted by Crippen LogP contribution is -2.19. The summed E-state index contributed by atoms with van der Waals surface area (Å²) in [7, 11) is 0. The number of ether oxygens (including phenoxy) is 2. The highest BCUT2D eigenvalue weighted by atomic mass is 19.1. The molecule has 0 fully saturated rings. The number of hydrogen-bond donors (Lipinski definition) is 1. The molecule has 0 aliphatic carbocycles. The molecule has 1 aromatic rings. The molecule has 0 heterocycles. The van der Waals surface area contributed by atoms with Gasteiger partial charge in [-0.15, -0.1) is 0 Å². The minimum Gasteiger partial charge on any atom is -0.480 e. The van der Waals surface area contributed by atoms with Gasteiger partial charge in [0.2, 0.25) is 0 Å². The molecule has 0 unspecified atom stereocenters. The van der Waals surface area contributed by atoms with Gasteiger partial charge in [-0.1, -0.05) is 0 Å². The second-order valence-electron chi connectivity index (χ2n) is 3.51. The first-order valence-corrected chi connectivity index (χ1v) is 4.86. The van der Waals surface area contributed by atoms with Gasteiger partial charge in [0.05, 0.1) is 11.8 Å². The molecule has 4 nitrogen and oxygen atoms in total. The number of rotatable bonds is 4. The van der Waals surface area contributed by atoms with Gasteiger partial charge in [0.1, 0.15) is 11.6 Å². The molecule has 5 heteroatoms. The van der Waals surface area contributed by atoms with Crippen molar-refractivity contribution in [3.8, 4) is 5.75 Å². The maximum absolute atomic E-state index is 12.7. The summed E-state index contributed by atoms with van der Waals surface area (Å²) in [5.41, 5.74) is 5.64. The summed E-state index contributed by atoms with van der Waals surface area (Å²) in [5.74, 6) is -0.671. The van der Waals surface area contributed by atoms with E-state index in [1.165, 1.54) is 12.1 Å². The summed E-state index contributed by atoms with van der Waals surface area (Å²) >= 11 is 0. The standard InChI is InChI=1S/C11H14FNO3/c1-7(2)16-11(14)6-15-10-4-3-8(12)5-9(10)13/h3-5,7H,6,13H2,1-2H3. The zero-order chi connectivity index (χ0) is 12.1. The third-order valence-corrected chi connectivity index (χ3v) is 1.68. The Morgan fingerprint density at radius 1 is 1.50 bits per heavy atom. The Kier molecular flexibility index (Phi) is 4.10. The zero-order valence-electron chi connectivity index (χ0n) is 9.20. The summed E-state index contributed by atoms with van der Waals surface area (Å²) in [5, 5.41) is 0. The van der Waals surface area contributed by atoms with Crippen molar-refractivity contribution in [2.75, 3.05) is 12.3 Å². The predicted octanol–water partition coefficient (Wildman–Crippen LogP) is 1.74. The molecular formula is C11H14FNO3. The number of halogens is 1. The van der Waals surface area contributed by atoms with Gasteiger partial charge >= 0.3 is 5.97 Å². The van der Waals surface area contributed by atoms with Gasteiger partial charge in [0, 0.05) is 6.07 Å². The normalized spacial score (nSPS) is 10.2. The minimum atomic E-state index is -0.487. The molecule has 0 amide bonds. The van der Waals surface area contributed by atoms with E-state index in [1.54, 1.807) is 13.8 Å². The smallest absolute Gasteiger partial charge is 0.344 e. The van der Waals surface area contributed by atoms with E-state index in [4.69, 9.17) is 15.2 Å². The minimum absolute atomic E-state index is 0.150. The molecule has 2 N–H and O–H groups in total. The number of benzene rings is 1. The van der Waals surface area contributed by atoms with E-state index in [9.17, 15) is 9.18 Å². The number of hydrogen-bond acceptors (Lipinski definition) is 4. The monoisotopic (exact) mass is 227 g/mol. The summed E-state index contributed by atoms with van der Waals surface area (Å²) in [6.07, 6.45) is -0.193. The molecule has 0 saturated heterocycles. The second kappa shape index (κ2) is 5.34. The number of nitrogen functional groups attached to an aromatic ring is 1. The third kappa shape index (κ3) is 3.76. The van der Waals surface area contributed by atoms with Crippen molar-refractivity contribution in [3.05, 3.63) is 24.0 Å². The summed E-state index contributed by atoms with van der Waals surface area (Å²) in [4.78, 5) is 11.1. The van der Waals surface area contributed by atoms with Crippen molar-refractivity contribution in [3.63, 3.8) is 0 Å². The van der Waals surface area contributed by atoms with E-state index in [0.29, 0.717) is 0 Å². The molecule has 0 aliphatic rings. The fraction of sp³-hybridized carbons (Fsp3) is 0.364. The highest BCUT2D eigenvalue weighted by Gasteiger charge is 2.08. The SMILES string of the molecule is CC(C)OC(=O)COc1ccc(F)cc1N. The molecule has 0 bridgehead atoms. The van der Waals surface area contributed by atoms with Crippen LogP contribution in [0.5, 0.6) is 5.75 Å². The van der Waals surface area contributed by atoms with Crippen LogP contribution in [0.3, 0.4) is 0 Å². The van der Waals surface area contributed by atoms with Crippen molar-refractivity contribution >= 4 is 11.7 Å². The Labute approximate surface area is 93.2 Å². The topological polar surface area (TPSA) is 61.5 Å². The fourth-order valence-electron chi connectivity index (χ4n) is 1.08. The zero-order valence-corrected chi connectivity index (χ0v) is 9.20. The lowest BCUT2D eigenvalue weighted by Gasteiger charge is -2.10. The lowest BCUT2D eigenvalue weighted by atomic mass is 10.3. The van der Waals surface area contributed by atoms with Crippen LogP contribution >= 0.6 is 0 Å². The van der Waals surface area contributed by atoms with Gasteiger partial charge in [-0.05, 0) is 26.0 Å². The van der Waals surface area contributed by atoms with E-state index in [1.807, 2.05) is 0 Å². The molecule has 0 spiro atoms. The average Bonchev–Trinajstić information content (AvgIpc) is 2.15. The maximum atomic E-state index is 12.7. The summed E-state index contributed by atoms with van der Waals surface area (Å²) < 4.78 is 22.6. The molecule has 0 radical (unpaired) electrons. The van der Waals surface area contributed by atoms with E-state index < -0.39 is 11.8 Å². The van der Waals surface area contributed by atoms with Gasteiger partial charge in [-0.25, -0.2) is 9.18 Å². The Hall–Kier alpha value is -1.78. The van der Waals surface area contributed by atoms with E-state index >= 15 is 0 Å². The third-order valence-electron chi connectivity index (χ3n) is 1.68. The molecule has 0 aliphatic heterocycles. The molecule has 0 aromatic heterocycles. The molecule has 1 aromatic carbocycles. The van der Waals surface area contributed by atoms with E-state index in [2.05, 4.69) is 0 Å². The molecule has 88 valence electrons. The molecular weight excluding hydrogens is 213 g/mol. The number of carbonyl (C=O) groups is 1. The van der Waals surface area contributed by atoms with Crippen LogP contribution < -0.4 is 10.5 Å². The Balaban J connectivity index is 2.51. The lowest BCUT2D eigenvalue weighted by molar-refractivity contribution is -0.149. The van der Waals surface area contributed by atoms with Gasteiger partial charge < -0.3 is 15.2 Å². The van der Waals surface area contributed by atoms with Crippen LogP contribution in [0.2, 0.25) is 0 Å². The Bertz CT molecular complexity index is 379. The largest absolute Gasteiger partial charge is 0.480 e. The van der Waals surface area contributed by atoms with E-state index in [-0.39, 0.29) is 24.1 Å². The van der Waals surface area contributed by atoms with Crippen LogP contribution in [0.4, 0.5) is 10.1 Å². The molecule has 0 saturated carbocycles. The van der Waals surface area contributed by atoms with Gasteiger partial charge in [0.15, 0.2) is 6.61 Å². The second-order valence-corrected chi connectivity index (χ2v) is 3.51. The Morgan fingerprint density at radius 2 is 2.19 bits per heavy atom. The van der Waals surface area contributed by atoms with Gasteiger partial charge in [-0.2, -0.15) is 0 Å². The first-order chi connectivity index (χ1) is 7.49. The van der Waals surface area contributed by atoms with Crippen LogP contribution in [0.1, 0.15) is 13.8 Å². The number of nitrogens with two attached hydrogens (primary N) is 1. The highest BCUT2D eigenvalue weighted by Crippen LogP contribution is 2.21. The Morgan fingerprint density at radius 3 is 2.75 bits per heavy atom. The van der Waals surface area contributed by atoms with E-state index in [0.717, 1.165) is 6.07 Å². The van der Waals surface area contributed by atoms with Crippen molar-refractivity contribution in [2.24, 2.45) is 0 Å². The van der Waals surface area contributed by atoms with Crippen molar-refractivity contribution in [1.29, 1.82) is 0 Å². The summed E-state index contributed by atoms with van der Waals surface area (Å²) in [6.45, 7) is 3.24. The predicted molar refractivity (Wildman–Crippen MR) is 57.5 cm³/mol. The highest BCUT2D eigenvalue weighted by molar-refractivity contribution is 5.71. The molecule has 1 rings (SSSR count). The van der Waals surface area contributed by atoms with Crippen molar-refractivity contribution < 1.29 is 18.7 Å². The molecule has 0 atom stereocenters. The quantitative estimate of drug-likeness (QED) is 0.628. The summed E-state index contributed by atoms with van der Waals surface area (Å²) in [6, 6.07) is 3.70. The van der Waals surface area contributed by atoms with Gasteiger partial charge in [0.25, 0.3) is 0 Å². The first kappa shape index (κ1) is 12.3. The number of esters is 1. The van der Waals surface area contributed by atoms with Crippen LogP contribution in [-0.2, 0) is 9.53 Å². The maximum Gasteiger partial charge on any atom is 0.344 e. The number of anilines is 1. The van der Waals surface area contributed by atoms with Crippen LogP contribution in [0.25, 0.3) is 0 Å². The van der Waals surface area contributed by atoms with Crippen LogP contribution in [0, 0.1) is 5.82 Å². The van der Waals surface area contributed by atoms with Crippen LogP contribution in [0.15, 0.2) is 18.2 Å². The van der Waals surface area contributed by atoms with Crippen molar-refractivity contribution in [1.82, 2.24) is 0 Å². The van der Waals surface area contributed by atoms with Crippen molar-refractivity contribution in [2.45, 2.75) is 20.0 Å².